The summed E-state index contributed by atoms with van der Waals surface area (Å²) in [5.74, 6) is 2.94. The topological polar surface area (TPSA) is 56.4 Å². The molecule has 0 aromatic carbocycles. The van der Waals surface area contributed by atoms with Gasteiger partial charge in [0.25, 0.3) is 0 Å². The van der Waals surface area contributed by atoms with E-state index in [9.17, 15) is 5.11 Å². The predicted octanol–water partition coefficient (Wildman–Crippen LogP) is 1.53. The third-order valence-electron chi connectivity index (χ3n) is 3.78. The van der Waals surface area contributed by atoms with Gasteiger partial charge in [-0.1, -0.05) is 13.8 Å². The van der Waals surface area contributed by atoms with E-state index in [1.54, 1.807) is 0 Å². The highest BCUT2D eigenvalue weighted by Crippen LogP contribution is 2.61. The van der Waals surface area contributed by atoms with Crippen LogP contribution in [0.15, 0.2) is 5.11 Å². The van der Waals surface area contributed by atoms with E-state index in [-0.39, 0.29) is 6.10 Å². The average Bonchev–Trinajstić information content (AvgIpc) is 2.81. The van der Waals surface area contributed by atoms with Crippen LogP contribution in [0.2, 0.25) is 0 Å². The number of nitrogens with one attached hydrogen (secondary N) is 1. The smallest absolute Gasteiger partial charge is 0.0630 e. The molecule has 0 aliphatic heterocycles. The fourth-order valence-corrected chi connectivity index (χ4v) is 2.66. The zero-order valence-corrected chi connectivity index (χ0v) is 7.57. The van der Waals surface area contributed by atoms with Gasteiger partial charge in [0.15, 0.2) is 0 Å². The monoisotopic (exact) mass is 168 g/mol. The Balaban J connectivity index is 1.89. The molecule has 6 atom stereocenters. The summed E-state index contributed by atoms with van der Waals surface area (Å²) in [5.41, 5.74) is 6.78. The number of hydrogen-bond acceptors (Lipinski definition) is 3. The second kappa shape index (κ2) is 2.52. The van der Waals surface area contributed by atoms with Crippen LogP contribution in [0.4, 0.5) is 0 Å². The van der Waals surface area contributed by atoms with Crippen LogP contribution in [0, 0.1) is 35.1 Å². The highest BCUT2D eigenvalue weighted by Gasteiger charge is 2.62. The van der Waals surface area contributed by atoms with Crippen molar-refractivity contribution in [3.05, 3.63) is 0 Å². The highest BCUT2D eigenvalue weighted by molar-refractivity contribution is 5.10. The van der Waals surface area contributed by atoms with E-state index in [1.165, 1.54) is 0 Å². The molecule has 2 aliphatic rings. The lowest BCUT2D eigenvalue weighted by Crippen LogP contribution is -1.93. The molecule has 12 heavy (non-hydrogen) atoms. The summed E-state index contributed by atoms with van der Waals surface area (Å²) in [6, 6.07) is 0. The van der Waals surface area contributed by atoms with Gasteiger partial charge in [-0.15, -0.1) is 0 Å². The van der Waals surface area contributed by atoms with E-state index in [0.717, 1.165) is 0 Å². The highest BCUT2D eigenvalue weighted by atomic mass is 16.3. The third kappa shape index (κ3) is 0.993. The van der Waals surface area contributed by atoms with Gasteiger partial charge < -0.3 is 5.11 Å². The van der Waals surface area contributed by atoms with Gasteiger partial charge in [0.05, 0.1) is 12.6 Å². The van der Waals surface area contributed by atoms with Crippen molar-refractivity contribution in [2.24, 2.45) is 34.7 Å². The summed E-state index contributed by atoms with van der Waals surface area (Å²) >= 11 is 0. The molecule has 3 nitrogen and oxygen atoms in total. The van der Waals surface area contributed by atoms with Crippen LogP contribution in [-0.4, -0.2) is 17.8 Å². The van der Waals surface area contributed by atoms with Gasteiger partial charge in [-0.3, -0.25) is 0 Å². The van der Waals surface area contributed by atoms with Crippen molar-refractivity contribution >= 4 is 0 Å². The fraction of sp³-hybridized carbons (Fsp3) is 1.00. The van der Waals surface area contributed by atoms with Gasteiger partial charge in [-0.05, 0) is 29.6 Å². The van der Waals surface area contributed by atoms with Crippen LogP contribution < -0.4 is 0 Å². The van der Waals surface area contributed by atoms with E-state index in [0.29, 0.717) is 36.1 Å². The minimum atomic E-state index is -0.0619. The Hall–Kier alpha value is -0.440. The maximum Gasteiger partial charge on any atom is 0.0630 e. The molecule has 0 radical (unpaired) electrons. The quantitative estimate of drug-likeness (QED) is 0.617. The Labute approximate surface area is 72.7 Å². The van der Waals surface area contributed by atoms with Crippen molar-refractivity contribution in [3.63, 3.8) is 0 Å². The molecule has 68 valence electrons. The van der Waals surface area contributed by atoms with E-state index in [1.807, 2.05) is 0 Å². The van der Waals surface area contributed by atoms with Gasteiger partial charge in [0.1, 0.15) is 0 Å². The summed E-state index contributed by atoms with van der Waals surface area (Å²) in [4.78, 5) is 0. The first-order chi connectivity index (χ1) is 5.68. The van der Waals surface area contributed by atoms with E-state index >= 15 is 0 Å². The molecule has 0 aromatic heterocycles. The van der Waals surface area contributed by atoms with Crippen molar-refractivity contribution in [1.29, 1.82) is 5.53 Å². The summed E-state index contributed by atoms with van der Waals surface area (Å²) < 4.78 is 0. The molecule has 0 heterocycles. The summed E-state index contributed by atoms with van der Waals surface area (Å²) in [6.07, 6.45) is -0.0619. The first-order valence-corrected chi connectivity index (χ1v) is 4.69. The first kappa shape index (κ1) is 8.17. The lowest BCUT2D eigenvalue weighted by molar-refractivity contribution is 0.243. The number of rotatable bonds is 3. The molecule has 0 spiro atoms. The molecule has 2 saturated carbocycles. The summed E-state index contributed by atoms with van der Waals surface area (Å²) in [7, 11) is 0. The average molecular weight is 168 g/mol. The number of aliphatic hydroxyl groups excluding tert-OH is 1. The maximum atomic E-state index is 9.43. The number of nitrogens with zero attached hydrogens (tertiary/aromatic N) is 1. The standard InChI is InChI=1S/C9H16N2O/c1-4-6(3-11-10)7(4)8-5(2)9(8)12/h4-10,12H,3H2,1-2H3/t4-,5?,6?,7?,8+,9?/m0/s1. The van der Waals surface area contributed by atoms with Crippen LogP contribution in [0.1, 0.15) is 13.8 Å². The lowest BCUT2D eigenvalue weighted by atomic mass is 10.2. The molecule has 2 fully saturated rings. The summed E-state index contributed by atoms with van der Waals surface area (Å²) in [6.45, 7) is 4.98. The fourth-order valence-electron chi connectivity index (χ4n) is 2.66. The second-order valence-corrected chi connectivity index (χ2v) is 4.37. The van der Waals surface area contributed by atoms with Crippen molar-refractivity contribution in [1.82, 2.24) is 0 Å². The Morgan fingerprint density at radius 3 is 2.25 bits per heavy atom. The maximum absolute atomic E-state index is 9.43. The molecular weight excluding hydrogens is 152 g/mol. The second-order valence-electron chi connectivity index (χ2n) is 4.37. The molecule has 4 unspecified atom stereocenters. The van der Waals surface area contributed by atoms with E-state index < -0.39 is 0 Å². The van der Waals surface area contributed by atoms with E-state index in [2.05, 4.69) is 19.0 Å². The van der Waals surface area contributed by atoms with Crippen LogP contribution in [-0.2, 0) is 0 Å². The molecule has 0 saturated heterocycles. The first-order valence-electron chi connectivity index (χ1n) is 4.69. The Kier molecular flexibility index (Phi) is 1.72. The Morgan fingerprint density at radius 2 is 1.83 bits per heavy atom. The zero-order valence-electron chi connectivity index (χ0n) is 7.57. The molecule has 2 rings (SSSR count). The van der Waals surface area contributed by atoms with Crippen molar-refractivity contribution < 1.29 is 5.11 Å². The largest absolute Gasteiger partial charge is 0.393 e. The van der Waals surface area contributed by atoms with Crippen LogP contribution >= 0.6 is 0 Å². The minimum Gasteiger partial charge on any atom is -0.393 e. The molecular formula is C9H16N2O. The summed E-state index contributed by atoms with van der Waals surface area (Å²) in [5, 5.41) is 12.9. The Bertz CT molecular complexity index is 199. The zero-order chi connectivity index (χ0) is 8.88. The SMILES string of the molecule is CC1C(O)[C@H]1C1C(CN=N)[C@@H]1C. The van der Waals surface area contributed by atoms with Crippen molar-refractivity contribution in [3.8, 4) is 0 Å². The van der Waals surface area contributed by atoms with Crippen LogP contribution in [0.25, 0.3) is 0 Å². The molecule has 2 N–H and O–H groups in total. The van der Waals surface area contributed by atoms with E-state index in [4.69, 9.17) is 5.53 Å². The third-order valence-corrected chi connectivity index (χ3v) is 3.78. The molecule has 3 heteroatoms. The molecule has 0 amide bonds. The molecule has 0 aromatic rings. The lowest BCUT2D eigenvalue weighted by Gasteiger charge is -1.91. The number of aliphatic hydroxyl groups is 1. The minimum absolute atomic E-state index is 0.0619. The van der Waals surface area contributed by atoms with Crippen LogP contribution in [0.3, 0.4) is 0 Å². The van der Waals surface area contributed by atoms with Gasteiger partial charge in [-0.25, -0.2) is 5.53 Å². The van der Waals surface area contributed by atoms with Gasteiger partial charge in [0, 0.05) is 0 Å². The van der Waals surface area contributed by atoms with Crippen molar-refractivity contribution in [2.75, 3.05) is 6.54 Å². The number of hydrogen-bond donors (Lipinski definition) is 2. The van der Waals surface area contributed by atoms with Gasteiger partial charge in [-0.2, -0.15) is 5.11 Å². The van der Waals surface area contributed by atoms with Gasteiger partial charge >= 0.3 is 0 Å². The van der Waals surface area contributed by atoms with Gasteiger partial charge in [0.2, 0.25) is 0 Å². The van der Waals surface area contributed by atoms with Crippen LogP contribution in [0.5, 0.6) is 0 Å². The van der Waals surface area contributed by atoms with Crippen molar-refractivity contribution in [2.45, 2.75) is 20.0 Å². The Morgan fingerprint density at radius 1 is 1.25 bits per heavy atom. The molecule has 2 aliphatic carbocycles. The molecule has 0 bridgehead atoms. The predicted molar refractivity (Wildman–Crippen MR) is 44.8 cm³/mol. The normalized spacial score (nSPS) is 56.6.